The lowest BCUT2D eigenvalue weighted by atomic mass is 10.2. The predicted molar refractivity (Wildman–Crippen MR) is 66.2 cm³/mol. The van der Waals surface area contributed by atoms with Crippen LogP contribution in [0.15, 0.2) is 42.7 Å². The van der Waals surface area contributed by atoms with E-state index in [1.807, 2.05) is 0 Å². The molecule has 0 radical (unpaired) electrons. The van der Waals surface area contributed by atoms with E-state index >= 15 is 0 Å². The number of hydrogen-bond donors (Lipinski definition) is 2. The van der Waals surface area contributed by atoms with Gasteiger partial charge in [-0.25, -0.2) is 4.39 Å². The van der Waals surface area contributed by atoms with E-state index in [1.165, 1.54) is 24.5 Å². The van der Waals surface area contributed by atoms with Gasteiger partial charge < -0.3 is 11.1 Å². The van der Waals surface area contributed by atoms with Crippen LogP contribution in [0.5, 0.6) is 0 Å². The normalized spacial score (nSPS) is 10.1. The fraction of sp³-hybridized carbons (Fsp3) is 0.0769. The van der Waals surface area contributed by atoms with Crippen LogP contribution in [0.2, 0.25) is 0 Å². The van der Waals surface area contributed by atoms with Crippen LogP contribution in [0.3, 0.4) is 0 Å². The van der Waals surface area contributed by atoms with Crippen molar-refractivity contribution in [2.75, 3.05) is 5.73 Å². The topological polar surface area (TPSA) is 68.0 Å². The van der Waals surface area contributed by atoms with Crippen LogP contribution in [0.4, 0.5) is 10.1 Å². The average Bonchev–Trinajstić information content (AvgIpc) is 2.37. The molecular weight excluding hydrogens is 233 g/mol. The highest BCUT2D eigenvalue weighted by Gasteiger charge is 2.07. The van der Waals surface area contributed by atoms with Crippen LogP contribution in [-0.4, -0.2) is 10.9 Å². The highest BCUT2D eigenvalue weighted by atomic mass is 19.1. The molecule has 1 aromatic heterocycles. The molecule has 0 aliphatic carbocycles. The number of pyridine rings is 1. The number of carbonyl (C=O) groups is 1. The van der Waals surface area contributed by atoms with E-state index < -0.39 is 0 Å². The minimum Gasteiger partial charge on any atom is -0.397 e. The number of benzene rings is 1. The number of nitrogens with zero attached hydrogens (tertiary/aromatic N) is 1. The van der Waals surface area contributed by atoms with Gasteiger partial charge in [0.25, 0.3) is 5.91 Å². The summed E-state index contributed by atoms with van der Waals surface area (Å²) in [5, 5.41) is 2.61. The molecule has 92 valence electrons. The highest BCUT2D eigenvalue weighted by molar-refractivity contribution is 5.94. The minimum atomic E-state index is -0.344. The Bertz CT molecular complexity index is 572. The van der Waals surface area contributed by atoms with Crippen LogP contribution in [0.25, 0.3) is 0 Å². The molecule has 1 aromatic carbocycles. The van der Waals surface area contributed by atoms with Crippen LogP contribution in [-0.2, 0) is 6.54 Å². The molecule has 0 atom stereocenters. The third-order valence-electron chi connectivity index (χ3n) is 2.42. The third-order valence-corrected chi connectivity index (χ3v) is 2.42. The number of nitrogens with two attached hydrogens (primary N) is 1. The maximum absolute atomic E-state index is 13.3. The Balaban J connectivity index is 2.03. The van der Waals surface area contributed by atoms with Gasteiger partial charge in [-0.2, -0.15) is 0 Å². The van der Waals surface area contributed by atoms with Crippen molar-refractivity contribution in [3.8, 4) is 0 Å². The number of nitrogen functional groups attached to an aromatic ring is 1. The monoisotopic (exact) mass is 245 g/mol. The van der Waals surface area contributed by atoms with Gasteiger partial charge in [0.05, 0.1) is 11.3 Å². The van der Waals surface area contributed by atoms with Gasteiger partial charge in [-0.05, 0) is 12.1 Å². The van der Waals surface area contributed by atoms with Gasteiger partial charge in [0.1, 0.15) is 5.82 Å². The summed E-state index contributed by atoms with van der Waals surface area (Å²) in [4.78, 5) is 15.6. The predicted octanol–water partition coefficient (Wildman–Crippen LogP) is 1.73. The summed E-state index contributed by atoms with van der Waals surface area (Å²) in [7, 11) is 0. The second kappa shape index (κ2) is 5.27. The molecule has 0 fully saturated rings. The number of aromatic nitrogens is 1. The average molecular weight is 245 g/mol. The molecular formula is C13H12FN3O. The summed E-state index contributed by atoms with van der Waals surface area (Å²) < 4.78 is 13.3. The van der Waals surface area contributed by atoms with Crippen molar-refractivity contribution in [2.45, 2.75) is 6.54 Å². The maximum atomic E-state index is 13.3. The second-order valence-corrected chi connectivity index (χ2v) is 3.78. The van der Waals surface area contributed by atoms with Gasteiger partial charge in [0.15, 0.2) is 0 Å². The summed E-state index contributed by atoms with van der Waals surface area (Å²) in [5.41, 5.74) is 6.72. The van der Waals surface area contributed by atoms with Gasteiger partial charge >= 0.3 is 0 Å². The maximum Gasteiger partial charge on any atom is 0.253 e. The smallest absolute Gasteiger partial charge is 0.253 e. The Labute approximate surface area is 104 Å². The number of rotatable bonds is 3. The van der Waals surface area contributed by atoms with E-state index in [9.17, 15) is 9.18 Å². The molecule has 5 heteroatoms. The number of carbonyl (C=O) groups excluding carboxylic acids is 1. The number of hydrogen-bond acceptors (Lipinski definition) is 3. The fourth-order valence-corrected chi connectivity index (χ4v) is 1.50. The molecule has 0 saturated carbocycles. The summed E-state index contributed by atoms with van der Waals surface area (Å²) in [6.45, 7) is 0.125. The Hall–Kier alpha value is -2.43. The first-order valence-electron chi connectivity index (χ1n) is 5.39. The molecule has 2 rings (SSSR count). The Morgan fingerprint density at radius 3 is 2.83 bits per heavy atom. The zero-order valence-electron chi connectivity index (χ0n) is 9.56. The van der Waals surface area contributed by atoms with Crippen molar-refractivity contribution in [3.05, 3.63) is 59.7 Å². The molecule has 0 unspecified atom stereocenters. The first-order chi connectivity index (χ1) is 8.66. The van der Waals surface area contributed by atoms with Crippen LogP contribution >= 0.6 is 0 Å². The summed E-state index contributed by atoms with van der Waals surface area (Å²) in [6, 6.07) is 7.80. The molecule has 3 N–H and O–H groups in total. The number of nitrogens with one attached hydrogen (secondary N) is 1. The van der Waals surface area contributed by atoms with E-state index in [1.54, 1.807) is 18.2 Å². The van der Waals surface area contributed by atoms with Gasteiger partial charge in [-0.1, -0.05) is 18.2 Å². The van der Waals surface area contributed by atoms with Crippen molar-refractivity contribution in [3.63, 3.8) is 0 Å². The third kappa shape index (κ3) is 2.82. The standard InChI is InChI=1S/C13H12FN3O/c14-12-4-2-1-3-9(12)7-17-13(18)10-5-11(15)8-16-6-10/h1-6,8H,7,15H2,(H,17,18). The van der Waals surface area contributed by atoms with E-state index in [0.29, 0.717) is 16.8 Å². The lowest BCUT2D eigenvalue weighted by Crippen LogP contribution is -2.23. The zero-order chi connectivity index (χ0) is 13.0. The molecule has 0 aliphatic heterocycles. The molecule has 1 amide bonds. The zero-order valence-corrected chi connectivity index (χ0v) is 9.56. The van der Waals surface area contributed by atoms with E-state index in [4.69, 9.17) is 5.73 Å². The largest absolute Gasteiger partial charge is 0.397 e. The summed E-state index contributed by atoms with van der Waals surface area (Å²) in [5.74, 6) is -0.679. The Kier molecular flexibility index (Phi) is 3.52. The van der Waals surface area contributed by atoms with Gasteiger partial charge in [-0.3, -0.25) is 9.78 Å². The minimum absolute atomic E-state index is 0.125. The fourth-order valence-electron chi connectivity index (χ4n) is 1.50. The van der Waals surface area contributed by atoms with Crippen molar-refractivity contribution in [2.24, 2.45) is 0 Å². The SMILES string of the molecule is Nc1cncc(C(=O)NCc2ccccc2F)c1. The quantitative estimate of drug-likeness (QED) is 0.865. The molecule has 4 nitrogen and oxygen atoms in total. The highest BCUT2D eigenvalue weighted by Crippen LogP contribution is 2.07. The molecule has 0 aliphatic rings. The molecule has 0 spiro atoms. The lowest BCUT2D eigenvalue weighted by molar-refractivity contribution is 0.0950. The number of anilines is 1. The van der Waals surface area contributed by atoms with Crippen molar-refractivity contribution in [1.82, 2.24) is 10.3 Å². The van der Waals surface area contributed by atoms with Gasteiger partial charge in [-0.15, -0.1) is 0 Å². The van der Waals surface area contributed by atoms with Gasteiger partial charge in [0.2, 0.25) is 0 Å². The van der Waals surface area contributed by atoms with Crippen LogP contribution < -0.4 is 11.1 Å². The van der Waals surface area contributed by atoms with E-state index in [0.717, 1.165) is 0 Å². The van der Waals surface area contributed by atoms with Crippen LogP contribution in [0.1, 0.15) is 15.9 Å². The van der Waals surface area contributed by atoms with Gasteiger partial charge in [0, 0.05) is 24.5 Å². The van der Waals surface area contributed by atoms with Crippen molar-refractivity contribution >= 4 is 11.6 Å². The Morgan fingerprint density at radius 2 is 2.11 bits per heavy atom. The second-order valence-electron chi connectivity index (χ2n) is 3.78. The first-order valence-corrected chi connectivity index (χ1v) is 5.39. The summed E-state index contributed by atoms with van der Waals surface area (Å²) in [6.07, 6.45) is 2.86. The molecule has 0 saturated heterocycles. The Morgan fingerprint density at radius 1 is 1.33 bits per heavy atom. The first kappa shape index (κ1) is 12.0. The number of amides is 1. The molecule has 2 aromatic rings. The lowest BCUT2D eigenvalue weighted by Gasteiger charge is -2.06. The van der Waals surface area contributed by atoms with Crippen molar-refractivity contribution < 1.29 is 9.18 Å². The summed E-state index contributed by atoms with van der Waals surface area (Å²) >= 11 is 0. The van der Waals surface area contributed by atoms with E-state index in [-0.39, 0.29) is 18.3 Å². The molecule has 18 heavy (non-hydrogen) atoms. The number of halogens is 1. The van der Waals surface area contributed by atoms with E-state index in [2.05, 4.69) is 10.3 Å². The molecule has 1 heterocycles. The molecule has 0 bridgehead atoms. The van der Waals surface area contributed by atoms with Crippen molar-refractivity contribution in [1.29, 1.82) is 0 Å². The van der Waals surface area contributed by atoms with Crippen LogP contribution in [0, 0.1) is 5.82 Å².